The van der Waals surface area contributed by atoms with Crippen LogP contribution in [-0.2, 0) is 16.0 Å². The number of aromatic nitrogens is 2. The second-order valence-electron chi connectivity index (χ2n) is 6.04. The molecule has 1 saturated carbocycles. The second kappa shape index (κ2) is 6.64. The molecule has 0 bridgehead atoms. The fourth-order valence-corrected chi connectivity index (χ4v) is 3.16. The summed E-state index contributed by atoms with van der Waals surface area (Å²) in [5.74, 6) is -1.52. The summed E-state index contributed by atoms with van der Waals surface area (Å²) >= 11 is 0. The smallest absolute Gasteiger partial charge is 0.333 e. The molecule has 6 nitrogen and oxygen atoms in total. The van der Waals surface area contributed by atoms with Crippen LogP contribution in [0, 0.1) is 13.8 Å². The highest BCUT2D eigenvalue weighted by Gasteiger charge is 2.41. The third-order valence-corrected chi connectivity index (χ3v) is 4.49. The van der Waals surface area contributed by atoms with Crippen molar-refractivity contribution in [3.8, 4) is 0 Å². The van der Waals surface area contributed by atoms with Crippen LogP contribution in [-0.4, -0.2) is 32.3 Å². The highest BCUT2D eigenvalue weighted by Crippen LogP contribution is 2.29. The minimum Gasteiger partial charge on any atom is -0.480 e. The zero-order chi connectivity index (χ0) is 17.2. The van der Waals surface area contributed by atoms with E-state index in [1.54, 1.807) is 6.92 Å². The highest BCUT2D eigenvalue weighted by molar-refractivity contribution is 5.88. The Balaban J connectivity index is 2.14. The molecule has 0 aliphatic heterocycles. The molecule has 2 N–H and O–H groups in total. The molecule has 0 saturated heterocycles. The lowest BCUT2D eigenvalue weighted by Gasteiger charge is -2.34. The first-order chi connectivity index (χ1) is 10.8. The van der Waals surface area contributed by atoms with Gasteiger partial charge in [0.15, 0.2) is 0 Å². The van der Waals surface area contributed by atoms with Crippen LogP contribution >= 0.6 is 0 Å². The predicted octanol–water partition coefficient (Wildman–Crippen LogP) is 2.34. The lowest BCUT2D eigenvalue weighted by molar-refractivity contribution is -0.149. The molecule has 1 aromatic rings. The summed E-state index contributed by atoms with van der Waals surface area (Å²) in [5.41, 5.74) is -0.249. The van der Waals surface area contributed by atoms with Gasteiger partial charge in [-0.3, -0.25) is 4.79 Å². The van der Waals surface area contributed by atoms with E-state index in [1.165, 1.54) is 6.92 Å². The first-order valence-corrected chi connectivity index (χ1v) is 7.64. The number of aryl methyl sites for hydroxylation is 1. The van der Waals surface area contributed by atoms with E-state index in [0.717, 1.165) is 19.3 Å². The van der Waals surface area contributed by atoms with Gasteiger partial charge in [0.1, 0.15) is 5.54 Å². The van der Waals surface area contributed by atoms with E-state index < -0.39 is 24.0 Å². The van der Waals surface area contributed by atoms with E-state index in [-0.39, 0.29) is 12.1 Å². The summed E-state index contributed by atoms with van der Waals surface area (Å²) in [6, 6.07) is 0. The average molecular weight is 329 g/mol. The van der Waals surface area contributed by atoms with Crippen molar-refractivity contribution in [1.29, 1.82) is 0 Å². The number of carboxylic acids is 1. The second-order valence-corrected chi connectivity index (χ2v) is 6.04. The lowest BCUT2D eigenvalue weighted by Crippen LogP contribution is -2.56. The first kappa shape index (κ1) is 17.4. The predicted molar refractivity (Wildman–Crippen MR) is 78.3 cm³/mol. The van der Waals surface area contributed by atoms with Crippen LogP contribution in [0.25, 0.3) is 0 Å². The summed E-state index contributed by atoms with van der Waals surface area (Å²) in [4.78, 5) is 23.8. The van der Waals surface area contributed by atoms with Crippen molar-refractivity contribution in [2.24, 2.45) is 0 Å². The van der Waals surface area contributed by atoms with Crippen LogP contribution in [0.4, 0.5) is 8.78 Å². The Labute approximate surface area is 132 Å². The van der Waals surface area contributed by atoms with Crippen molar-refractivity contribution >= 4 is 11.9 Å². The van der Waals surface area contributed by atoms with E-state index in [1.807, 2.05) is 0 Å². The number of nitrogens with zero attached hydrogens (tertiary/aromatic N) is 2. The number of carbonyl (C=O) groups is 2. The standard InChI is InChI=1S/C15H21F2N3O3/c1-9-11(10(2)20(19-9)14(16)17)8-12(21)18-15(13(22)23)6-4-3-5-7-15/h14H,3-8H2,1-2H3,(H,18,21)(H,22,23). The molecule has 1 amide bonds. The third kappa shape index (κ3) is 3.51. The Bertz CT molecular complexity index is 607. The summed E-state index contributed by atoms with van der Waals surface area (Å²) in [5, 5.41) is 15.8. The molecule has 0 radical (unpaired) electrons. The maximum atomic E-state index is 12.8. The molecule has 23 heavy (non-hydrogen) atoms. The van der Waals surface area contributed by atoms with Crippen molar-refractivity contribution in [2.75, 3.05) is 0 Å². The summed E-state index contributed by atoms with van der Waals surface area (Å²) in [6.45, 7) is 0.263. The Hall–Kier alpha value is -1.99. The fourth-order valence-electron chi connectivity index (χ4n) is 3.16. The van der Waals surface area contributed by atoms with Gasteiger partial charge in [0, 0.05) is 11.3 Å². The molecule has 1 aliphatic rings. The molecule has 0 atom stereocenters. The Morgan fingerprint density at radius 3 is 2.39 bits per heavy atom. The summed E-state index contributed by atoms with van der Waals surface area (Å²) < 4.78 is 26.2. The molecule has 1 aromatic heterocycles. The van der Waals surface area contributed by atoms with Crippen LogP contribution in [0.5, 0.6) is 0 Å². The maximum absolute atomic E-state index is 12.8. The normalized spacial score (nSPS) is 17.3. The van der Waals surface area contributed by atoms with Crippen LogP contribution < -0.4 is 5.32 Å². The van der Waals surface area contributed by atoms with Crippen LogP contribution in [0.1, 0.15) is 55.6 Å². The van der Waals surface area contributed by atoms with Gasteiger partial charge in [0.05, 0.1) is 12.1 Å². The zero-order valence-corrected chi connectivity index (χ0v) is 13.2. The van der Waals surface area contributed by atoms with E-state index in [2.05, 4.69) is 10.4 Å². The van der Waals surface area contributed by atoms with Crippen molar-refractivity contribution < 1.29 is 23.5 Å². The molecular weight excluding hydrogens is 308 g/mol. The number of carboxylic acid groups (broad SMARTS) is 1. The van der Waals surface area contributed by atoms with Gasteiger partial charge in [-0.15, -0.1) is 0 Å². The van der Waals surface area contributed by atoms with Crippen LogP contribution in [0.3, 0.4) is 0 Å². The van der Waals surface area contributed by atoms with Crippen molar-refractivity contribution in [2.45, 2.75) is 64.5 Å². The Morgan fingerprint density at radius 2 is 1.91 bits per heavy atom. The van der Waals surface area contributed by atoms with E-state index >= 15 is 0 Å². The van der Waals surface area contributed by atoms with Crippen molar-refractivity contribution in [1.82, 2.24) is 15.1 Å². The van der Waals surface area contributed by atoms with Gasteiger partial charge in [-0.25, -0.2) is 9.48 Å². The van der Waals surface area contributed by atoms with Crippen molar-refractivity contribution in [3.05, 3.63) is 17.0 Å². The van der Waals surface area contributed by atoms with E-state index in [4.69, 9.17) is 0 Å². The number of amides is 1. The van der Waals surface area contributed by atoms with Crippen LogP contribution in [0.2, 0.25) is 0 Å². The molecule has 0 aromatic carbocycles. The van der Waals surface area contributed by atoms with Crippen LogP contribution in [0.15, 0.2) is 0 Å². The molecule has 1 heterocycles. The summed E-state index contributed by atoms with van der Waals surface area (Å²) in [6.07, 6.45) is 3.07. The minimum absolute atomic E-state index is 0.153. The zero-order valence-electron chi connectivity index (χ0n) is 13.2. The Kier molecular flexibility index (Phi) is 5.01. The number of alkyl halides is 2. The minimum atomic E-state index is -2.77. The topological polar surface area (TPSA) is 84.2 Å². The molecule has 1 aliphatic carbocycles. The largest absolute Gasteiger partial charge is 0.480 e. The van der Waals surface area contributed by atoms with Gasteiger partial charge in [0.2, 0.25) is 5.91 Å². The van der Waals surface area contributed by atoms with Gasteiger partial charge in [-0.1, -0.05) is 19.3 Å². The molecule has 1 fully saturated rings. The molecule has 8 heteroatoms. The first-order valence-electron chi connectivity index (χ1n) is 7.64. The van der Waals surface area contributed by atoms with Crippen molar-refractivity contribution in [3.63, 3.8) is 0 Å². The molecule has 2 rings (SSSR count). The molecule has 0 spiro atoms. The van der Waals surface area contributed by atoms with E-state index in [9.17, 15) is 23.5 Å². The fraction of sp³-hybridized carbons (Fsp3) is 0.667. The quantitative estimate of drug-likeness (QED) is 0.868. The number of rotatable bonds is 5. The highest BCUT2D eigenvalue weighted by atomic mass is 19.3. The number of carbonyl (C=O) groups excluding carboxylic acids is 1. The van der Waals surface area contributed by atoms with Gasteiger partial charge < -0.3 is 10.4 Å². The SMILES string of the molecule is Cc1nn(C(F)F)c(C)c1CC(=O)NC1(C(=O)O)CCCCC1. The maximum Gasteiger partial charge on any atom is 0.333 e. The monoisotopic (exact) mass is 329 g/mol. The summed E-state index contributed by atoms with van der Waals surface area (Å²) in [7, 11) is 0. The number of halogens is 2. The van der Waals surface area contributed by atoms with Gasteiger partial charge >= 0.3 is 12.5 Å². The van der Waals surface area contributed by atoms with Gasteiger partial charge in [-0.2, -0.15) is 13.9 Å². The van der Waals surface area contributed by atoms with Gasteiger partial charge in [0.25, 0.3) is 0 Å². The lowest BCUT2D eigenvalue weighted by atomic mass is 9.81. The average Bonchev–Trinajstić information content (AvgIpc) is 2.76. The number of hydrogen-bond acceptors (Lipinski definition) is 3. The number of hydrogen-bond donors (Lipinski definition) is 2. The number of nitrogens with one attached hydrogen (secondary N) is 1. The molecular formula is C15H21F2N3O3. The Morgan fingerprint density at radius 1 is 1.30 bits per heavy atom. The molecule has 0 unspecified atom stereocenters. The van der Waals surface area contributed by atoms with Gasteiger partial charge in [-0.05, 0) is 26.7 Å². The third-order valence-electron chi connectivity index (χ3n) is 4.49. The number of aliphatic carboxylic acids is 1. The van der Waals surface area contributed by atoms with E-state index in [0.29, 0.717) is 28.8 Å². The molecule has 128 valence electrons.